The summed E-state index contributed by atoms with van der Waals surface area (Å²) in [6.45, 7) is 1.72. The summed E-state index contributed by atoms with van der Waals surface area (Å²) in [5, 5.41) is 9.41. The number of hydrogen-bond donors (Lipinski definition) is 4. The van der Waals surface area contributed by atoms with Crippen LogP contribution in [0.3, 0.4) is 0 Å². The van der Waals surface area contributed by atoms with Crippen molar-refractivity contribution in [3.05, 3.63) is 35.9 Å². The minimum absolute atomic E-state index is 0.0709. The maximum absolute atomic E-state index is 12.8. The molecule has 0 spiro atoms. The van der Waals surface area contributed by atoms with Crippen LogP contribution in [0.15, 0.2) is 30.3 Å². The van der Waals surface area contributed by atoms with Gasteiger partial charge in [-0.15, -0.1) is 11.3 Å². The Morgan fingerprint density at radius 2 is 2.15 bits per heavy atom. The SMILES string of the molecule is COc1cccc(-c2cc(C(=O)NC3CCCCNC3)c(NC(N)=O)s2)c1. The van der Waals surface area contributed by atoms with E-state index in [1.165, 1.54) is 11.3 Å². The maximum Gasteiger partial charge on any atom is 0.317 e. The number of amides is 3. The van der Waals surface area contributed by atoms with Crippen molar-refractivity contribution in [1.82, 2.24) is 10.6 Å². The highest BCUT2D eigenvalue weighted by Gasteiger charge is 2.21. The van der Waals surface area contributed by atoms with Crippen LogP contribution in [0.1, 0.15) is 29.6 Å². The molecule has 1 aromatic heterocycles. The molecule has 7 nitrogen and oxygen atoms in total. The van der Waals surface area contributed by atoms with Crippen molar-refractivity contribution in [3.63, 3.8) is 0 Å². The van der Waals surface area contributed by atoms with Gasteiger partial charge in [-0.2, -0.15) is 0 Å². The Kier molecular flexibility index (Phi) is 6.31. The molecule has 144 valence electrons. The van der Waals surface area contributed by atoms with Gasteiger partial charge >= 0.3 is 6.03 Å². The van der Waals surface area contributed by atoms with E-state index in [1.807, 2.05) is 24.3 Å². The second-order valence-electron chi connectivity index (χ2n) is 6.44. The third kappa shape index (κ3) is 4.99. The van der Waals surface area contributed by atoms with E-state index in [-0.39, 0.29) is 11.9 Å². The molecule has 1 aliphatic heterocycles. The lowest BCUT2D eigenvalue weighted by Gasteiger charge is -2.16. The lowest BCUT2D eigenvalue weighted by molar-refractivity contribution is 0.0937. The van der Waals surface area contributed by atoms with Crippen LogP contribution in [0.4, 0.5) is 9.80 Å². The average Bonchev–Trinajstić information content (AvgIpc) is 2.90. The maximum atomic E-state index is 12.8. The van der Waals surface area contributed by atoms with Crippen LogP contribution >= 0.6 is 11.3 Å². The number of nitrogens with two attached hydrogens (primary N) is 1. The number of carbonyl (C=O) groups excluding carboxylic acids is 2. The van der Waals surface area contributed by atoms with Crippen LogP contribution in [0, 0.1) is 0 Å². The zero-order valence-corrected chi connectivity index (χ0v) is 16.0. The summed E-state index contributed by atoms with van der Waals surface area (Å²) in [4.78, 5) is 25.1. The molecule has 0 radical (unpaired) electrons. The van der Waals surface area contributed by atoms with Gasteiger partial charge in [-0.1, -0.05) is 18.6 Å². The third-order valence-corrected chi connectivity index (χ3v) is 5.55. The Bertz CT molecular complexity index is 813. The van der Waals surface area contributed by atoms with Crippen molar-refractivity contribution in [2.75, 3.05) is 25.5 Å². The number of urea groups is 1. The molecule has 8 heteroatoms. The molecule has 1 fully saturated rings. The molecule has 27 heavy (non-hydrogen) atoms. The Hall–Kier alpha value is -2.58. The van der Waals surface area contributed by atoms with Gasteiger partial charge in [0.15, 0.2) is 0 Å². The van der Waals surface area contributed by atoms with Crippen molar-refractivity contribution in [2.24, 2.45) is 5.73 Å². The largest absolute Gasteiger partial charge is 0.497 e. The van der Waals surface area contributed by atoms with Gasteiger partial charge in [-0.25, -0.2) is 4.79 Å². The van der Waals surface area contributed by atoms with Crippen LogP contribution in [0.25, 0.3) is 10.4 Å². The number of hydrogen-bond acceptors (Lipinski definition) is 5. The average molecular weight is 388 g/mol. The topological polar surface area (TPSA) is 105 Å². The van der Waals surface area contributed by atoms with Gasteiger partial charge in [0.2, 0.25) is 0 Å². The van der Waals surface area contributed by atoms with Crippen LogP contribution in [-0.4, -0.2) is 38.2 Å². The standard InChI is InChI=1S/C19H24N4O3S/c1-26-14-7-4-5-12(9-14)16-10-15(18(27-16)23-19(20)25)17(24)22-13-6-2-3-8-21-11-13/h4-5,7,9-10,13,21H,2-3,6,8,11H2,1H3,(H,22,24)(H3,20,23,25). The van der Waals surface area contributed by atoms with E-state index in [2.05, 4.69) is 16.0 Å². The minimum Gasteiger partial charge on any atom is -0.497 e. The van der Waals surface area contributed by atoms with E-state index in [9.17, 15) is 9.59 Å². The summed E-state index contributed by atoms with van der Waals surface area (Å²) in [6, 6.07) is 8.71. The molecule has 1 atom stereocenters. The second-order valence-corrected chi connectivity index (χ2v) is 7.50. The summed E-state index contributed by atoms with van der Waals surface area (Å²) >= 11 is 1.31. The summed E-state index contributed by atoms with van der Waals surface area (Å²) in [5.74, 6) is 0.513. The molecule has 1 aromatic carbocycles. The molecule has 5 N–H and O–H groups in total. The molecular weight excluding hydrogens is 364 g/mol. The number of nitrogens with one attached hydrogen (secondary N) is 3. The van der Waals surface area contributed by atoms with Gasteiger partial charge < -0.3 is 21.1 Å². The van der Waals surface area contributed by atoms with Gasteiger partial charge in [0, 0.05) is 17.5 Å². The number of thiophene rings is 1. The molecule has 3 rings (SSSR count). The normalized spacial score (nSPS) is 17.0. The van der Waals surface area contributed by atoms with Crippen LogP contribution in [0.5, 0.6) is 5.75 Å². The Labute approximate surface area is 162 Å². The number of carbonyl (C=O) groups is 2. The van der Waals surface area contributed by atoms with E-state index >= 15 is 0 Å². The van der Waals surface area contributed by atoms with E-state index in [4.69, 9.17) is 10.5 Å². The fraction of sp³-hybridized carbons (Fsp3) is 0.368. The molecule has 3 amide bonds. The molecule has 2 aromatic rings. The van der Waals surface area contributed by atoms with Gasteiger partial charge in [0.05, 0.1) is 12.7 Å². The lowest BCUT2D eigenvalue weighted by atomic mass is 10.1. The minimum atomic E-state index is -0.695. The van der Waals surface area contributed by atoms with Crippen molar-refractivity contribution >= 4 is 28.3 Å². The van der Waals surface area contributed by atoms with E-state index in [0.717, 1.165) is 48.5 Å². The number of rotatable bonds is 5. The Morgan fingerprint density at radius 3 is 2.93 bits per heavy atom. The van der Waals surface area contributed by atoms with Crippen molar-refractivity contribution in [2.45, 2.75) is 25.3 Å². The molecular formula is C19H24N4O3S. The quantitative estimate of drug-likeness (QED) is 0.632. The highest BCUT2D eigenvalue weighted by molar-refractivity contribution is 7.20. The van der Waals surface area contributed by atoms with Crippen LogP contribution in [0.2, 0.25) is 0 Å². The fourth-order valence-electron chi connectivity index (χ4n) is 3.09. The highest BCUT2D eigenvalue weighted by Crippen LogP contribution is 2.36. The fourth-order valence-corrected chi connectivity index (χ4v) is 4.14. The molecule has 0 bridgehead atoms. The first-order chi connectivity index (χ1) is 13.1. The monoisotopic (exact) mass is 388 g/mol. The summed E-state index contributed by atoms with van der Waals surface area (Å²) < 4.78 is 5.27. The lowest BCUT2D eigenvalue weighted by Crippen LogP contribution is -2.41. The number of anilines is 1. The summed E-state index contributed by atoms with van der Waals surface area (Å²) in [7, 11) is 1.60. The van der Waals surface area contributed by atoms with Crippen LogP contribution < -0.4 is 26.4 Å². The number of primary amides is 1. The van der Waals surface area contributed by atoms with Crippen molar-refractivity contribution in [3.8, 4) is 16.2 Å². The molecule has 2 heterocycles. The van der Waals surface area contributed by atoms with Gasteiger partial charge in [-0.3, -0.25) is 10.1 Å². The third-order valence-electron chi connectivity index (χ3n) is 4.45. The van der Waals surface area contributed by atoms with Crippen LogP contribution in [-0.2, 0) is 0 Å². The predicted octanol–water partition coefficient (Wildman–Crippen LogP) is 2.79. The predicted molar refractivity (Wildman–Crippen MR) is 107 cm³/mol. The first-order valence-electron chi connectivity index (χ1n) is 8.93. The highest BCUT2D eigenvalue weighted by atomic mass is 32.1. The van der Waals surface area contributed by atoms with E-state index in [1.54, 1.807) is 13.2 Å². The molecule has 0 saturated carbocycles. The van der Waals surface area contributed by atoms with Crippen molar-refractivity contribution in [1.29, 1.82) is 0 Å². The van der Waals surface area contributed by atoms with E-state index in [0.29, 0.717) is 10.6 Å². The number of benzene rings is 1. The Balaban J connectivity index is 1.86. The van der Waals surface area contributed by atoms with Gasteiger partial charge in [0.25, 0.3) is 5.91 Å². The molecule has 1 unspecified atom stereocenters. The van der Waals surface area contributed by atoms with Gasteiger partial charge in [-0.05, 0) is 43.1 Å². The molecule has 1 saturated heterocycles. The van der Waals surface area contributed by atoms with Crippen molar-refractivity contribution < 1.29 is 14.3 Å². The zero-order valence-electron chi connectivity index (χ0n) is 15.2. The first-order valence-corrected chi connectivity index (χ1v) is 9.75. The number of methoxy groups -OCH3 is 1. The molecule has 0 aliphatic carbocycles. The summed E-state index contributed by atoms with van der Waals surface area (Å²) in [5.41, 5.74) is 6.61. The summed E-state index contributed by atoms with van der Waals surface area (Å²) in [6.07, 6.45) is 3.12. The smallest absolute Gasteiger partial charge is 0.317 e. The first kappa shape index (κ1) is 19.2. The zero-order chi connectivity index (χ0) is 19.2. The van der Waals surface area contributed by atoms with E-state index < -0.39 is 6.03 Å². The number of ether oxygens (including phenoxy) is 1. The molecule has 1 aliphatic rings. The second kappa shape index (κ2) is 8.88. The van der Waals surface area contributed by atoms with Gasteiger partial charge in [0.1, 0.15) is 10.8 Å². The Morgan fingerprint density at radius 1 is 1.30 bits per heavy atom.